The van der Waals surface area contributed by atoms with Crippen molar-refractivity contribution in [3.63, 3.8) is 0 Å². The highest BCUT2D eigenvalue weighted by molar-refractivity contribution is 5.87. The molecule has 1 saturated carbocycles. The molecule has 0 aromatic carbocycles. The Balaban J connectivity index is 2.32. The Morgan fingerprint density at radius 1 is 1.50 bits per heavy atom. The van der Waals surface area contributed by atoms with E-state index < -0.39 is 11.9 Å². The summed E-state index contributed by atoms with van der Waals surface area (Å²) in [5.41, 5.74) is 10.5. The second-order valence-electron chi connectivity index (χ2n) is 4.49. The molecular weight excluding hydrogens is 210 g/mol. The van der Waals surface area contributed by atoms with Crippen molar-refractivity contribution < 1.29 is 14.7 Å². The van der Waals surface area contributed by atoms with Crippen molar-refractivity contribution in [2.24, 2.45) is 17.4 Å². The van der Waals surface area contributed by atoms with Crippen LogP contribution in [-0.4, -0.2) is 47.6 Å². The number of carbonyl (C=O) groups is 2. The van der Waals surface area contributed by atoms with Crippen molar-refractivity contribution in [2.75, 3.05) is 13.6 Å². The maximum Gasteiger partial charge on any atom is 0.239 e. The van der Waals surface area contributed by atoms with Crippen LogP contribution in [-0.2, 0) is 9.59 Å². The highest BCUT2D eigenvalue weighted by atomic mass is 16.3. The minimum Gasteiger partial charge on any atom is -0.393 e. The molecule has 0 spiro atoms. The fraction of sp³-hybridized carbons (Fsp3) is 0.800. The first-order chi connectivity index (χ1) is 7.40. The molecule has 1 rings (SSSR count). The molecule has 0 bridgehead atoms. The van der Waals surface area contributed by atoms with Crippen LogP contribution in [0.3, 0.4) is 0 Å². The second kappa shape index (κ2) is 5.27. The summed E-state index contributed by atoms with van der Waals surface area (Å²) in [6.45, 7) is 0.572. The zero-order valence-corrected chi connectivity index (χ0v) is 9.43. The summed E-state index contributed by atoms with van der Waals surface area (Å²) < 4.78 is 0. The third-order valence-corrected chi connectivity index (χ3v) is 2.86. The third kappa shape index (κ3) is 3.46. The van der Waals surface area contributed by atoms with Crippen LogP contribution in [0.1, 0.15) is 19.3 Å². The highest BCUT2D eigenvalue weighted by Gasteiger charge is 2.30. The van der Waals surface area contributed by atoms with Crippen LogP contribution in [0.4, 0.5) is 0 Å². The summed E-state index contributed by atoms with van der Waals surface area (Å²) in [5.74, 6) is -0.516. The van der Waals surface area contributed by atoms with Gasteiger partial charge in [-0.05, 0) is 18.8 Å². The largest absolute Gasteiger partial charge is 0.393 e. The van der Waals surface area contributed by atoms with Gasteiger partial charge >= 0.3 is 0 Å². The number of aliphatic hydroxyl groups excluding tert-OH is 1. The summed E-state index contributed by atoms with van der Waals surface area (Å²) in [7, 11) is 1.65. The quantitative estimate of drug-likeness (QED) is 0.528. The van der Waals surface area contributed by atoms with Crippen LogP contribution < -0.4 is 11.5 Å². The molecule has 1 aliphatic carbocycles. The molecule has 1 atom stereocenters. The number of aliphatic hydroxyl groups is 1. The molecule has 92 valence electrons. The van der Waals surface area contributed by atoms with Gasteiger partial charge in [0.05, 0.1) is 18.6 Å². The van der Waals surface area contributed by atoms with Gasteiger partial charge in [-0.2, -0.15) is 0 Å². The highest BCUT2D eigenvalue weighted by Crippen LogP contribution is 2.27. The van der Waals surface area contributed by atoms with Crippen LogP contribution in [0.25, 0.3) is 0 Å². The maximum atomic E-state index is 11.7. The molecular formula is C10H19N3O3. The van der Waals surface area contributed by atoms with E-state index in [1.165, 1.54) is 4.90 Å². The number of hydrogen-bond donors (Lipinski definition) is 3. The van der Waals surface area contributed by atoms with Crippen LogP contribution in [0.2, 0.25) is 0 Å². The number of nitrogens with two attached hydrogens (primary N) is 2. The minimum absolute atomic E-state index is 0.129. The first kappa shape index (κ1) is 12.9. The zero-order chi connectivity index (χ0) is 12.3. The number of likely N-dealkylation sites (N-methyl/N-ethyl adjacent to an activating group) is 1. The number of hydrogen-bond acceptors (Lipinski definition) is 4. The molecule has 1 aliphatic rings. The second-order valence-corrected chi connectivity index (χ2v) is 4.49. The Hall–Kier alpha value is -1.14. The molecule has 0 aliphatic heterocycles. The third-order valence-electron chi connectivity index (χ3n) is 2.86. The molecule has 2 amide bonds. The van der Waals surface area contributed by atoms with Crippen LogP contribution in [0.15, 0.2) is 0 Å². The van der Waals surface area contributed by atoms with Gasteiger partial charge in [0, 0.05) is 13.6 Å². The van der Waals surface area contributed by atoms with Gasteiger partial charge in [0.25, 0.3) is 0 Å². The first-order valence-electron chi connectivity index (χ1n) is 5.37. The molecule has 0 aromatic rings. The topological polar surface area (TPSA) is 110 Å². The number of rotatable bonds is 5. The molecule has 5 N–H and O–H groups in total. The van der Waals surface area contributed by atoms with E-state index in [0.717, 1.165) is 12.8 Å². The van der Waals surface area contributed by atoms with E-state index in [9.17, 15) is 9.59 Å². The maximum absolute atomic E-state index is 11.7. The van der Waals surface area contributed by atoms with Crippen LogP contribution in [0, 0.1) is 5.92 Å². The van der Waals surface area contributed by atoms with E-state index in [2.05, 4.69) is 0 Å². The average Bonchev–Trinajstić information content (AvgIpc) is 2.12. The SMILES string of the molecule is CN(CC1CC(O)C1)C(=O)C(N)CC(N)=O. The van der Waals surface area contributed by atoms with Crippen molar-refractivity contribution in [1.82, 2.24) is 4.90 Å². The summed E-state index contributed by atoms with van der Waals surface area (Å²) >= 11 is 0. The smallest absolute Gasteiger partial charge is 0.239 e. The van der Waals surface area contributed by atoms with Gasteiger partial charge in [0.1, 0.15) is 0 Å². The van der Waals surface area contributed by atoms with Gasteiger partial charge < -0.3 is 21.5 Å². The van der Waals surface area contributed by atoms with E-state index in [-0.39, 0.29) is 18.4 Å². The molecule has 0 saturated heterocycles. The zero-order valence-electron chi connectivity index (χ0n) is 9.43. The summed E-state index contributed by atoms with van der Waals surface area (Å²) in [6.07, 6.45) is 1.09. The predicted octanol–water partition coefficient (Wildman–Crippen LogP) is -1.58. The number of primary amides is 1. The van der Waals surface area contributed by atoms with Gasteiger partial charge in [-0.15, -0.1) is 0 Å². The summed E-state index contributed by atoms with van der Waals surface area (Å²) in [5, 5.41) is 9.11. The lowest BCUT2D eigenvalue weighted by Gasteiger charge is -2.35. The van der Waals surface area contributed by atoms with Crippen LogP contribution >= 0.6 is 0 Å². The van der Waals surface area contributed by atoms with Crippen molar-refractivity contribution in [3.05, 3.63) is 0 Å². The van der Waals surface area contributed by atoms with E-state index in [4.69, 9.17) is 16.6 Å². The van der Waals surface area contributed by atoms with E-state index in [0.29, 0.717) is 12.5 Å². The van der Waals surface area contributed by atoms with Gasteiger partial charge in [-0.25, -0.2) is 0 Å². The molecule has 16 heavy (non-hydrogen) atoms. The molecule has 0 aromatic heterocycles. The fourth-order valence-electron chi connectivity index (χ4n) is 1.91. The summed E-state index contributed by atoms with van der Waals surface area (Å²) in [6, 6.07) is -0.854. The van der Waals surface area contributed by atoms with Crippen LogP contribution in [0.5, 0.6) is 0 Å². The van der Waals surface area contributed by atoms with E-state index in [1.807, 2.05) is 0 Å². The monoisotopic (exact) mass is 229 g/mol. The summed E-state index contributed by atoms with van der Waals surface area (Å²) in [4.78, 5) is 23.8. The van der Waals surface area contributed by atoms with Gasteiger partial charge in [0.15, 0.2) is 0 Å². The van der Waals surface area contributed by atoms with Crippen molar-refractivity contribution >= 4 is 11.8 Å². The lowest BCUT2D eigenvalue weighted by molar-refractivity contribution is -0.134. The normalized spacial score (nSPS) is 25.7. The molecule has 0 radical (unpaired) electrons. The van der Waals surface area contributed by atoms with E-state index >= 15 is 0 Å². The fourth-order valence-corrected chi connectivity index (χ4v) is 1.91. The lowest BCUT2D eigenvalue weighted by atomic mass is 9.82. The average molecular weight is 229 g/mol. The minimum atomic E-state index is -0.854. The van der Waals surface area contributed by atoms with Crippen molar-refractivity contribution in [3.8, 4) is 0 Å². The molecule has 0 heterocycles. The molecule has 6 nitrogen and oxygen atoms in total. The first-order valence-corrected chi connectivity index (χ1v) is 5.37. The Labute approximate surface area is 94.6 Å². The Morgan fingerprint density at radius 2 is 2.06 bits per heavy atom. The van der Waals surface area contributed by atoms with Gasteiger partial charge in [0.2, 0.25) is 11.8 Å². The standard InChI is InChI=1S/C10H19N3O3/c1-13(5-6-2-7(14)3-6)10(16)8(11)4-9(12)15/h6-8,14H,2-5,11H2,1H3,(H2,12,15). The number of amides is 2. The Kier molecular flexibility index (Phi) is 4.26. The van der Waals surface area contributed by atoms with Crippen molar-refractivity contribution in [1.29, 1.82) is 0 Å². The van der Waals surface area contributed by atoms with Crippen molar-refractivity contribution in [2.45, 2.75) is 31.4 Å². The number of nitrogens with zero attached hydrogens (tertiary/aromatic N) is 1. The predicted molar refractivity (Wildman–Crippen MR) is 58.2 cm³/mol. The lowest BCUT2D eigenvalue weighted by Crippen LogP contribution is -2.47. The Morgan fingerprint density at radius 3 is 2.50 bits per heavy atom. The molecule has 1 fully saturated rings. The molecule has 1 unspecified atom stereocenters. The Bertz CT molecular complexity index is 276. The van der Waals surface area contributed by atoms with E-state index in [1.54, 1.807) is 7.05 Å². The van der Waals surface area contributed by atoms with Gasteiger partial charge in [-0.1, -0.05) is 0 Å². The number of carbonyl (C=O) groups excluding carboxylic acids is 2. The molecule has 6 heteroatoms. The van der Waals surface area contributed by atoms with Gasteiger partial charge in [-0.3, -0.25) is 9.59 Å².